The van der Waals surface area contributed by atoms with Crippen molar-refractivity contribution in [3.8, 4) is 0 Å². The van der Waals surface area contributed by atoms with Crippen LogP contribution in [0.3, 0.4) is 0 Å². The maximum Gasteiger partial charge on any atom is 0.316 e. The maximum atomic E-state index is 11.9. The molecule has 92 valence electrons. The quantitative estimate of drug-likeness (QED) is 0.581. The molecular weight excluding hydrogens is 232 g/mol. The summed E-state index contributed by atoms with van der Waals surface area (Å²) in [5.74, 6) is -0.203. The number of carbonyl (C=O) groups excluding carboxylic acids is 1. The number of aryl methyl sites for hydroxylation is 1. The van der Waals surface area contributed by atoms with Crippen LogP contribution in [0.15, 0.2) is 52.3 Å². The molecule has 0 saturated carbocycles. The minimum Gasteiger partial charge on any atom is -0.312 e. The fourth-order valence-electron chi connectivity index (χ4n) is 1.58. The van der Waals surface area contributed by atoms with Crippen LogP contribution in [0.2, 0.25) is 0 Å². The maximum absolute atomic E-state index is 11.9. The van der Waals surface area contributed by atoms with Crippen LogP contribution in [0.5, 0.6) is 0 Å². The smallest absolute Gasteiger partial charge is 0.312 e. The number of aromatic nitrogens is 2. The lowest BCUT2D eigenvalue weighted by molar-refractivity contribution is 0.0970. The molecule has 0 radical (unpaired) electrons. The Labute approximate surface area is 103 Å². The Kier molecular flexibility index (Phi) is 3.23. The Hall–Kier alpha value is -2.43. The van der Waals surface area contributed by atoms with Gasteiger partial charge in [-0.3, -0.25) is 14.4 Å². The van der Waals surface area contributed by atoms with E-state index in [2.05, 4.69) is 0 Å². The Morgan fingerprint density at radius 2 is 1.72 bits per heavy atom. The van der Waals surface area contributed by atoms with Crippen molar-refractivity contribution < 1.29 is 4.79 Å². The number of ketones is 1. The van der Waals surface area contributed by atoms with E-state index in [1.807, 2.05) is 0 Å². The van der Waals surface area contributed by atoms with Gasteiger partial charge in [-0.2, -0.15) is 0 Å². The van der Waals surface area contributed by atoms with E-state index in [1.54, 1.807) is 30.3 Å². The number of benzene rings is 1. The number of hydrogen-bond acceptors (Lipinski definition) is 3. The monoisotopic (exact) mass is 244 g/mol. The lowest BCUT2D eigenvalue weighted by Crippen LogP contribution is -2.40. The van der Waals surface area contributed by atoms with Gasteiger partial charge >= 0.3 is 11.1 Å². The second kappa shape index (κ2) is 4.83. The van der Waals surface area contributed by atoms with Crippen LogP contribution in [0.25, 0.3) is 0 Å². The van der Waals surface area contributed by atoms with E-state index in [-0.39, 0.29) is 12.3 Å². The molecule has 1 heterocycles. The summed E-state index contributed by atoms with van der Waals surface area (Å²) in [4.78, 5) is 35.0. The summed E-state index contributed by atoms with van der Waals surface area (Å²) in [6.45, 7) is -0.126. The van der Waals surface area contributed by atoms with Gasteiger partial charge in [-0.1, -0.05) is 30.3 Å². The van der Waals surface area contributed by atoms with Crippen LogP contribution in [-0.2, 0) is 13.6 Å². The van der Waals surface area contributed by atoms with E-state index in [9.17, 15) is 14.4 Å². The second-order valence-electron chi connectivity index (χ2n) is 3.94. The molecular formula is C13H12N2O3. The highest BCUT2D eigenvalue weighted by Crippen LogP contribution is 2.00. The van der Waals surface area contributed by atoms with Gasteiger partial charge in [-0.15, -0.1) is 0 Å². The molecule has 0 N–H and O–H groups in total. The predicted octanol–water partition coefficient (Wildman–Crippen LogP) is 0.430. The normalized spacial score (nSPS) is 10.3. The standard InChI is InChI=1S/C13H12N2O3/c1-14-7-8-15(13(18)12(14)17)9-11(16)10-5-3-2-4-6-10/h2-8H,9H2,1H3. The molecule has 18 heavy (non-hydrogen) atoms. The molecule has 0 fully saturated rings. The van der Waals surface area contributed by atoms with Crippen molar-refractivity contribution in [3.05, 3.63) is 69.0 Å². The molecule has 0 bridgehead atoms. The Morgan fingerprint density at radius 3 is 2.39 bits per heavy atom. The number of hydrogen-bond donors (Lipinski definition) is 0. The summed E-state index contributed by atoms with van der Waals surface area (Å²) in [6, 6.07) is 8.66. The van der Waals surface area contributed by atoms with Gasteiger partial charge in [-0.05, 0) is 0 Å². The van der Waals surface area contributed by atoms with Gasteiger partial charge < -0.3 is 9.13 Å². The first-order valence-corrected chi connectivity index (χ1v) is 5.44. The summed E-state index contributed by atoms with van der Waals surface area (Å²) in [5, 5.41) is 0. The average Bonchev–Trinajstić information content (AvgIpc) is 2.40. The van der Waals surface area contributed by atoms with E-state index >= 15 is 0 Å². The number of Topliss-reactive ketones (excluding diaryl/α,β-unsaturated/α-hetero) is 1. The highest BCUT2D eigenvalue weighted by Gasteiger charge is 2.09. The van der Waals surface area contributed by atoms with Crippen LogP contribution in [-0.4, -0.2) is 14.9 Å². The number of rotatable bonds is 3. The van der Waals surface area contributed by atoms with Crippen molar-refractivity contribution in [1.29, 1.82) is 0 Å². The summed E-state index contributed by atoms with van der Waals surface area (Å²) in [7, 11) is 1.49. The first-order chi connectivity index (χ1) is 8.59. The largest absolute Gasteiger partial charge is 0.316 e. The molecule has 0 amide bonds. The van der Waals surface area contributed by atoms with Crippen molar-refractivity contribution in [2.75, 3.05) is 0 Å². The Morgan fingerprint density at radius 1 is 1.06 bits per heavy atom. The third kappa shape index (κ3) is 2.29. The van der Waals surface area contributed by atoms with Crippen molar-refractivity contribution in [2.45, 2.75) is 6.54 Å². The third-order valence-electron chi connectivity index (χ3n) is 2.64. The molecule has 0 aliphatic heterocycles. The van der Waals surface area contributed by atoms with Crippen LogP contribution in [0, 0.1) is 0 Å². The number of nitrogens with zero attached hydrogens (tertiary/aromatic N) is 2. The minimum atomic E-state index is -0.690. The van der Waals surface area contributed by atoms with Crippen LogP contribution in [0.1, 0.15) is 10.4 Å². The first kappa shape index (κ1) is 12.0. The van der Waals surface area contributed by atoms with Gasteiger partial charge in [-0.25, -0.2) is 0 Å². The zero-order valence-corrected chi connectivity index (χ0v) is 9.87. The molecule has 5 nitrogen and oxygen atoms in total. The molecule has 0 unspecified atom stereocenters. The molecule has 1 aromatic carbocycles. The van der Waals surface area contributed by atoms with E-state index < -0.39 is 11.1 Å². The van der Waals surface area contributed by atoms with Gasteiger partial charge in [0.05, 0.1) is 6.54 Å². The summed E-state index contributed by atoms with van der Waals surface area (Å²) in [6.07, 6.45) is 2.90. The van der Waals surface area contributed by atoms with Crippen molar-refractivity contribution in [2.24, 2.45) is 7.05 Å². The van der Waals surface area contributed by atoms with Gasteiger partial charge in [0.25, 0.3) is 0 Å². The molecule has 2 rings (SSSR count). The summed E-state index contributed by atoms with van der Waals surface area (Å²) >= 11 is 0. The first-order valence-electron chi connectivity index (χ1n) is 5.44. The topological polar surface area (TPSA) is 61.1 Å². The van der Waals surface area contributed by atoms with Gasteiger partial charge in [0.15, 0.2) is 5.78 Å². The van der Waals surface area contributed by atoms with E-state index in [1.165, 1.54) is 24.0 Å². The highest BCUT2D eigenvalue weighted by atomic mass is 16.2. The molecule has 0 saturated heterocycles. The fraction of sp³-hybridized carbons (Fsp3) is 0.154. The van der Waals surface area contributed by atoms with E-state index in [0.717, 1.165) is 4.57 Å². The zero-order valence-electron chi connectivity index (χ0n) is 9.87. The van der Waals surface area contributed by atoms with Gasteiger partial charge in [0.1, 0.15) is 0 Å². The average molecular weight is 244 g/mol. The molecule has 5 heteroatoms. The molecule has 0 aliphatic rings. The molecule has 0 spiro atoms. The van der Waals surface area contributed by atoms with Crippen molar-refractivity contribution in [3.63, 3.8) is 0 Å². The Bertz CT molecular complexity index is 683. The molecule has 0 aliphatic carbocycles. The minimum absolute atomic E-state index is 0.126. The number of carbonyl (C=O) groups is 1. The van der Waals surface area contributed by atoms with E-state index in [4.69, 9.17) is 0 Å². The van der Waals surface area contributed by atoms with Crippen LogP contribution in [0.4, 0.5) is 0 Å². The predicted molar refractivity (Wildman–Crippen MR) is 66.7 cm³/mol. The highest BCUT2D eigenvalue weighted by molar-refractivity contribution is 5.95. The van der Waals surface area contributed by atoms with Crippen LogP contribution >= 0.6 is 0 Å². The zero-order chi connectivity index (χ0) is 13.1. The van der Waals surface area contributed by atoms with Crippen molar-refractivity contribution >= 4 is 5.78 Å². The SMILES string of the molecule is Cn1ccn(CC(=O)c2ccccc2)c(=O)c1=O. The second-order valence-corrected chi connectivity index (χ2v) is 3.94. The third-order valence-corrected chi connectivity index (χ3v) is 2.64. The van der Waals surface area contributed by atoms with E-state index in [0.29, 0.717) is 5.56 Å². The summed E-state index contributed by atoms with van der Waals surface area (Å²) in [5.41, 5.74) is -0.812. The molecule has 0 atom stereocenters. The lowest BCUT2D eigenvalue weighted by Gasteiger charge is -2.05. The van der Waals surface area contributed by atoms with Gasteiger partial charge in [0.2, 0.25) is 0 Å². The van der Waals surface area contributed by atoms with Crippen LogP contribution < -0.4 is 11.1 Å². The fourth-order valence-corrected chi connectivity index (χ4v) is 1.58. The molecule has 2 aromatic rings. The molecule has 1 aromatic heterocycles. The summed E-state index contributed by atoms with van der Waals surface area (Å²) < 4.78 is 2.31. The van der Waals surface area contributed by atoms with Gasteiger partial charge in [0, 0.05) is 25.0 Å². The lowest BCUT2D eigenvalue weighted by atomic mass is 10.1. The van der Waals surface area contributed by atoms with Crippen molar-refractivity contribution in [1.82, 2.24) is 9.13 Å². The Balaban J connectivity index is 2.32.